The minimum atomic E-state index is 0.580. The van der Waals surface area contributed by atoms with Gasteiger partial charge in [0, 0.05) is 12.6 Å². The predicted molar refractivity (Wildman–Crippen MR) is 65.7 cm³/mol. The van der Waals surface area contributed by atoms with E-state index in [1.807, 2.05) is 0 Å². The van der Waals surface area contributed by atoms with Gasteiger partial charge in [0.1, 0.15) is 0 Å². The van der Waals surface area contributed by atoms with Crippen LogP contribution in [0.5, 0.6) is 0 Å². The Morgan fingerprint density at radius 1 is 1.38 bits per heavy atom. The van der Waals surface area contributed by atoms with Crippen molar-refractivity contribution in [3.63, 3.8) is 0 Å². The fraction of sp³-hybridized carbons (Fsp3) is 0.636. The average Bonchev–Trinajstić information content (AvgIpc) is 2.23. The molecule has 88 valence electrons. The molecule has 1 heterocycles. The second-order valence-electron chi connectivity index (χ2n) is 4.12. The Kier molecular flexibility index (Phi) is 3.96. The summed E-state index contributed by atoms with van der Waals surface area (Å²) in [6.07, 6.45) is 8.04. The van der Waals surface area contributed by atoms with Crippen LogP contribution < -0.4 is 10.6 Å². The molecule has 1 aromatic heterocycles. The topological polar surface area (TPSA) is 55.0 Å². The van der Waals surface area contributed by atoms with Gasteiger partial charge in [-0.1, -0.05) is 11.6 Å². The summed E-state index contributed by atoms with van der Waals surface area (Å²) in [5, 5.41) is 0.580. The summed E-state index contributed by atoms with van der Waals surface area (Å²) in [6, 6.07) is 0.590. The molecule has 16 heavy (non-hydrogen) atoms. The Morgan fingerprint density at radius 3 is 2.56 bits per heavy atom. The number of hydrogen-bond donors (Lipinski definition) is 1. The van der Waals surface area contributed by atoms with Crippen LogP contribution in [0.4, 0.5) is 5.95 Å². The molecule has 0 saturated heterocycles. The van der Waals surface area contributed by atoms with Gasteiger partial charge in [0.2, 0.25) is 5.95 Å². The summed E-state index contributed by atoms with van der Waals surface area (Å²) < 4.78 is 0. The van der Waals surface area contributed by atoms with Gasteiger partial charge in [-0.15, -0.1) is 0 Å². The molecule has 1 saturated carbocycles. The molecule has 1 aliphatic carbocycles. The first-order valence-electron chi connectivity index (χ1n) is 5.75. The molecule has 0 aromatic carbocycles. The predicted octanol–water partition coefficient (Wildman–Crippen LogP) is 1.84. The Labute approximate surface area is 101 Å². The number of aromatic nitrogens is 2. The van der Waals surface area contributed by atoms with Crippen molar-refractivity contribution < 1.29 is 0 Å². The molecular formula is C11H17ClN4. The average molecular weight is 241 g/mol. The highest BCUT2D eigenvalue weighted by Crippen LogP contribution is 2.27. The lowest BCUT2D eigenvalue weighted by Gasteiger charge is -2.37. The highest BCUT2D eigenvalue weighted by molar-refractivity contribution is 6.30. The normalized spacial score (nSPS) is 15.9. The Morgan fingerprint density at radius 2 is 2.06 bits per heavy atom. The van der Waals surface area contributed by atoms with E-state index in [0.29, 0.717) is 17.6 Å². The Hall–Kier alpha value is -0.870. The number of hydrogen-bond acceptors (Lipinski definition) is 4. The summed E-state index contributed by atoms with van der Waals surface area (Å²) in [5.74, 6) is 0.780. The van der Waals surface area contributed by atoms with Crippen LogP contribution >= 0.6 is 11.6 Å². The van der Waals surface area contributed by atoms with E-state index >= 15 is 0 Å². The molecule has 0 unspecified atom stereocenters. The molecule has 0 spiro atoms. The third-order valence-corrected chi connectivity index (χ3v) is 3.18. The van der Waals surface area contributed by atoms with Crippen LogP contribution in [0.2, 0.25) is 5.02 Å². The summed E-state index contributed by atoms with van der Waals surface area (Å²) in [4.78, 5) is 10.8. The van der Waals surface area contributed by atoms with E-state index in [1.54, 1.807) is 12.4 Å². The third kappa shape index (κ3) is 2.62. The first-order valence-corrected chi connectivity index (χ1v) is 6.13. The van der Waals surface area contributed by atoms with Gasteiger partial charge >= 0.3 is 0 Å². The molecule has 1 fully saturated rings. The molecule has 1 aliphatic rings. The lowest BCUT2D eigenvalue weighted by Crippen LogP contribution is -2.42. The van der Waals surface area contributed by atoms with E-state index in [2.05, 4.69) is 14.9 Å². The molecule has 5 heteroatoms. The fourth-order valence-corrected chi connectivity index (χ4v) is 1.96. The Bertz CT molecular complexity index is 323. The number of anilines is 1. The van der Waals surface area contributed by atoms with Crippen molar-refractivity contribution in [2.75, 3.05) is 18.0 Å². The molecule has 2 rings (SSSR count). The molecule has 0 amide bonds. The van der Waals surface area contributed by atoms with Crippen molar-refractivity contribution in [2.45, 2.75) is 31.7 Å². The van der Waals surface area contributed by atoms with Gasteiger partial charge in [0.05, 0.1) is 17.4 Å². The van der Waals surface area contributed by atoms with E-state index in [9.17, 15) is 0 Å². The second kappa shape index (κ2) is 5.46. The van der Waals surface area contributed by atoms with Crippen molar-refractivity contribution in [1.29, 1.82) is 0 Å². The SMILES string of the molecule is NCCCN(c1ncc(Cl)cn1)C1CCC1. The van der Waals surface area contributed by atoms with Crippen LogP contribution in [-0.2, 0) is 0 Å². The van der Waals surface area contributed by atoms with Crippen LogP contribution in [0, 0.1) is 0 Å². The number of halogens is 1. The van der Waals surface area contributed by atoms with Gasteiger partial charge in [0.15, 0.2) is 0 Å². The summed E-state index contributed by atoms with van der Waals surface area (Å²) in [5.41, 5.74) is 5.55. The largest absolute Gasteiger partial charge is 0.338 e. The molecule has 2 N–H and O–H groups in total. The zero-order valence-corrected chi connectivity index (χ0v) is 10.0. The van der Waals surface area contributed by atoms with E-state index < -0.39 is 0 Å². The van der Waals surface area contributed by atoms with Gasteiger partial charge in [0.25, 0.3) is 0 Å². The minimum Gasteiger partial charge on any atom is -0.338 e. The standard InChI is InChI=1S/C11H17ClN4/c12-9-7-14-11(15-8-9)16(6-2-5-13)10-3-1-4-10/h7-8,10H,1-6,13H2. The zero-order chi connectivity index (χ0) is 11.4. The molecule has 0 aliphatic heterocycles. The third-order valence-electron chi connectivity index (χ3n) is 2.98. The maximum absolute atomic E-state index is 5.78. The van der Waals surface area contributed by atoms with Gasteiger partial charge in [-0.2, -0.15) is 0 Å². The lowest BCUT2D eigenvalue weighted by molar-refractivity contribution is 0.380. The van der Waals surface area contributed by atoms with Crippen LogP contribution in [0.3, 0.4) is 0 Å². The first kappa shape index (κ1) is 11.6. The van der Waals surface area contributed by atoms with Crippen molar-refractivity contribution in [3.05, 3.63) is 17.4 Å². The van der Waals surface area contributed by atoms with E-state index in [4.69, 9.17) is 17.3 Å². The zero-order valence-electron chi connectivity index (χ0n) is 9.27. The van der Waals surface area contributed by atoms with E-state index in [-0.39, 0.29) is 0 Å². The summed E-state index contributed by atoms with van der Waals surface area (Å²) in [6.45, 7) is 1.64. The second-order valence-corrected chi connectivity index (χ2v) is 4.56. The highest BCUT2D eigenvalue weighted by Gasteiger charge is 2.26. The molecule has 4 nitrogen and oxygen atoms in total. The summed E-state index contributed by atoms with van der Waals surface area (Å²) in [7, 11) is 0. The Balaban J connectivity index is 2.07. The smallest absolute Gasteiger partial charge is 0.225 e. The maximum Gasteiger partial charge on any atom is 0.225 e. The van der Waals surface area contributed by atoms with Crippen LogP contribution in [-0.4, -0.2) is 29.1 Å². The maximum atomic E-state index is 5.78. The van der Waals surface area contributed by atoms with Crippen molar-refractivity contribution >= 4 is 17.5 Å². The summed E-state index contributed by atoms with van der Waals surface area (Å²) >= 11 is 5.78. The minimum absolute atomic E-state index is 0.580. The number of nitrogens with two attached hydrogens (primary N) is 1. The van der Waals surface area contributed by atoms with Gasteiger partial charge in [-0.3, -0.25) is 0 Å². The number of rotatable bonds is 5. The van der Waals surface area contributed by atoms with Crippen molar-refractivity contribution in [2.24, 2.45) is 5.73 Å². The van der Waals surface area contributed by atoms with Crippen molar-refractivity contribution in [1.82, 2.24) is 9.97 Å². The monoisotopic (exact) mass is 240 g/mol. The molecular weight excluding hydrogens is 224 g/mol. The number of nitrogens with zero attached hydrogens (tertiary/aromatic N) is 3. The van der Waals surface area contributed by atoms with Crippen molar-refractivity contribution in [3.8, 4) is 0 Å². The van der Waals surface area contributed by atoms with E-state index in [1.165, 1.54) is 19.3 Å². The van der Waals surface area contributed by atoms with Crippen LogP contribution in [0.15, 0.2) is 12.4 Å². The van der Waals surface area contributed by atoms with E-state index in [0.717, 1.165) is 18.9 Å². The molecule has 0 atom stereocenters. The first-order chi connectivity index (χ1) is 7.81. The van der Waals surface area contributed by atoms with Crippen LogP contribution in [0.1, 0.15) is 25.7 Å². The molecule has 0 radical (unpaired) electrons. The molecule has 1 aromatic rings. The van der Waals surface area contributed by atoms with Gasteiger partial charge in [-0.25, -0.2) is 9.97 Å². The quantitative estimate of drug-likeness (QED) is 0.853. The highest BCUT2D eigenvalue weighted by atomic mass is 35.5. The lowest BCUT2D eigenvalue weighted by atomic mass is 9.91. The van der Waals surface area contributed by atoms with Gasteiger partial charge in [-0.05, 0) is 32.2 Å². The molecule has 0 bridgehead atoms. The fourth-order valence-electron chi connectivity index (χ4n) is 1.86. The van der Waals surface area contributed by atoms with Gasteiger partial charge < -0.3 is 10.6 Å². The van der Waals surface area contributed by atoms with Crippen LogP contribution in [0.25, 0.3) is 0 Å².